The van der Waals surface area contributed by atoms with Gasteiger partial charge in [-0.1, -0.05) is 0 Å². The van der Waals surface area contributed by atoms with Crippen LogP contribution >= 0.6 is 11.8 Å². The van der Waals surface area contributed by atoms with Gasteiger partial charge in [0.25, 0.3) is 0 Å². The van der Waals surface area contributed by atoms with Gasteiger partial charge in [0.1, 0.15) is 16.9 Å². The zero-order chi connectivity index (χ0) is 17.1. The van der Waals surface area contributed by atoms with Gasteiger partial charge in [-0.25, -0.2) is 4.98 Å². The van der Waals surface area contributed by atoms with E-state index in [1.807, 2.05) is 18.2 Å². The van der Waals surface area contributed by atoms with Crippen LogP contribution in [0.1, 0.15) is 24.2 Å². The first-order valence-corrected chi connectivity index (χ1v) is 8.89. The Morgan fingerprint density at radius 1 is 1.20 bits per heavy atom. The highest BCUT2D eigenvalue weighted by Gasteiger charge is 2.22. The topological polar surface area (TPSA) is 83.8 Å². The third-order valence-corrected chi connectivity index (χ3v) is 4.98. The van der Waals surface area contributed by atoms with Crippen LogP contribution in [0.25, 0.3) is 0 Å². The molecule has 3 aromatic rings. The van der Waals surface area contributed by atoms with Crippen LogP contribution in [-0.2, 0) is 6.54 Å². The van der Waals surface area contributed by atoms with Crippen molar-refractivity contribution in [2.75, 3.05) is 18.0 Å². The maximum absolute atomic E-state index is 8.89. The van der Waals surface area contributed by atoms with E-state index in [1.165, 1.54) is 24.6 Å². The van der Waals surface area contributed by atoms with Gasteiger partial charge < -0.3 is 9.32 Å². The van der Waals surface area contributed by atoms with E-state index in [1.54, 1.807) is 18.5 Å². The molecule has 0 aliphatic carbocycles. The minimum atomic E-state index is 0.541. The van der Waals surface area contributed by atoms with Gasteiger partial charge >= 0.3 is 0 Å². The Balaban J connectivity index is 1.64. The second-order valence-corrected chi connectivity index (χ2v) is 6.73. The SMILES string of the molecule is N#Cc1ccc(Sc2nnc(N3CCCC3)n2Cc2ccco2)nc1. The first-order valence-electron chi connectivity index (χ1n) is 8.08. The molecule has 126 valence electrons. The summed E-state index contributed by atoms with van der Waals surface area (Å²) in [5.41, 5.74) is 0.541. The molecule has 1 fully saturated rings. The van der Waals surface area contributed by atoms with Crippen LogP contribution in [-0.4, -0.2) is 32.8 Å². The highest BCUT2D eigenvalue weighted by Crippen LogP contribution is 2.29. The number of anilines is 1. The summed E-state index contributed by atoms with van der Waals surface area (Å²) in [4.78, 5) is 6.57. The van der Waals surface area contributed by atoms with Gasteiger partial charge in [0.15, 0.2) is 5.16 Å². The van der Waals surface area contributed by atoms with Crippen LogP contribution < -0.4 is 4.90 Å². The van der Waals surface area contributed by atoms with E-state index in [4.69, 9.17) is 9.68 Å². The molecule has 0 bridgehead atoms. The zero-order valence-corrected chi connectivity index (χ0v) is 14.3. The van der Waals surface area contributed by atoms with Crippen molar-refractivity contribution in [3.8, 4) is 6.07 Å². The van der Waals surface area contributed by atoms with Crippen molar-refractivity contribution in [3.05, 3.63) is 48.0 Å². The summed E-state index contributed by atoms with van der Waals surface area (Å²) in [7, 11) is 0. The maximum Gasteiger partial charge on any atom is 0.228 e. The summed E-state index contributed by atoms with van der Waals surface area (Å²) in [6.45, 7) is 2.57. The Kier molecular flexibility index (Phi) is 4.39. The van der Waals surface area contributed by atoms with Crippen molar-refractivity contribution < 1.29 is 4.42 Å². The molecule has 4 heterocycles. The molecule has 1 saturated heterocycles. The van der Waals surface area contributed by atoms with E-state index in [0.717, 1.165) is 35.0 Å². The van der Waals surface area contributed by atoms with Gasteiger partial charge in [0, 0.05) is 19.3 Å². The van der Waals surface area contributed by atoms with Crippen LogP contribution in [0.15, 0.2) is 51.3 Å². The number of rotatable bonds is 5. The van der Waals surface area contributed by atoms with Crippen LogP contribution in [0, 0.1) is 11.3 Å². The average Bonchev–Trinajstić information content (AvgIpc) is 3.39. The summed E-state index contributed by atoms with van der Waals surface area (Å²) in [6.07, 6.45) is 5.59. The van der Waals surface area contributed by atoms with Crippen molar-refractivity contribution >= 4 is 17.7 Å². The normalized spacial score (nSPS) is 14.0. The lowest BCUT2D eigenvalue weighted by atomic mass is 10.3. The predicted octanol–water partition coefficient (Wildman–Crippen LogP) is 2.94. The van der Waals surface area contributed by atoms with Crippen LogP contribution in [0.2, 0.25) is 0 Å². The molecule has 0 saturated carbocycles. The molecule has 0 N–H and O–H groups in total. The molecule has 0 spiro atoms. The van der Waals surface area contributed by atoms with Gasteiger partial charge in [-0.2, -0.15) is 5.26 Å². The van der Waals surface area contributed by atoms with E-state index >= 15 is 0 Å². The molecule has 0 radical (unpaired) electrons. The van der Waals surface area contributed by atoms with E-state index in [-0.39, 0.29) is 0 Å². The molecule has 1 aliphatic rings. The minimum Gasteiger partial charge on any atom is -0.467 e. The zero-order valence-electron chi connectivity index (χ0n) is 13.5. The number of furan rings is 1. The molecule has 4 rings (SSSR count). The lowest BCUT2D eigenvalue weighted by Crippen LogP contribution is -2.22. The molecule has 25 heavy (non-hydrogen) atoms. The third-order valence-electron chi connectivity index (χ3n) is 4.04. The molecule has 7 nitrogen and oxygen atoms in total. The molecule has 0 aromatic carbocycles. The molecule has 8 heteroatoms. The van der Waals surface area contributed by atoms with Gasteiger partial charge in [-0.05, 0) is 48.9 Å². The first-order chi connectivity index (χ1) is 12.3. The van der Waals surface area contributed by atoms with Crippen molar-refractivity contribution in [2.24, 2.45) is 0 Å². The lowest BCUT2D eigenvalue weighted by Gasteiger charge is -2.17. The van der Waals surface area contributed by atoms with E-state index < -0.39 is 0 Å². The van der Waals surface area contributed by atoms with Crippen LogP contribution in [0.5, 0.6) is 0 Å². The predicted molar refractivity (Wildman–Crippen MR) is 92.4 cm³/mol. The van der Waals surface area contributed by atoms with Crippen LogP contribution in [0.4, 0.5) is 5.95 Å². The number of hydrogen-bond acceptors (Lipinski definition) is 7. The number of nitrogens with zero attached hydrogens (tertiary/aromatic N) is 6. The smallest absolute Gasteiger partial charge is 0.228 e. The van der Waals surface area contributed by atoms with Crippen molar-refractivity contribution in [1.29, 1.82) is 5.26 Å². The molecule has 0 atom stereocenters. The standard InChI is InChI=1S/C17H16N6OS/c18-10-13-5-6-15(19-11-13)25-17-21-20-16(22-7-1-2-8-22)23(17)12-14-4-3-9-24-14/h3-6,9,11H,1-2,7-8,12H2. The Labute approximate surface area is 149 Å². The fourth-order valence-corrected chi connectivity index (χ4v) is 3.57. The second kappa shape index (κ2) is 6.99. The molecule has 3 aromatic heterocycles. The summed E-state index contributed by atoms with van der Waals surface area (Å²) in [5.74, 6) is 1.72. The largest absolute Gasteiger partial charge is 0.467 e. The fourth-order valence-electron chi connectivity index (χ4n) is 2.80. The Morgan fingerprint density at radius 2 is 2.08 bits per heavy atom. The highest BCUT2D eigenvalue weighted by molar-refractivity contribution is 7.99. The number of hydrogen-bond donors (Lipinski definition) is 0. The monoisotopic (exact) mass is 352 g/mol. The van der Waals surface area contributed by atoms with Crippen molar-refractivity contribution in [1.82, 2.24) is 19.7 Å². The Bertz CT molecular complexity index is 875. The van der Waals surface area contributed by atoms with Gasteiger partial charge in [0.2, 0.25) is 5.95 Å². The molecule has 0 amide bonds. The molecular weight excluding hydrogens is 336 g/mol. The van der Waals surface area contributed by atoms with Gasteiger partial charge in [-0.15, -0.1) is 10.2 Å². The number of pyridine rings is 1. The third kappa shape index (κ3) is 3.37. The number of nitriles is 1. The Morgan fingerprint density at radius 3 is 2.76 bits per heavy atom. The van der Waals surface area contributed by atoms with E-state index in [0.29, 0.717) is 12.1 Å². The van der Waals surface area contributed by atoms with Crippen molar-refractivity contribution in [2.45, 2.75) is 29.6 Å². The van der Waals surface area contributed by atoms with Gasteiger partial charge in [-0.3, -0.25) is 4.57 Å². The van der Waals surface area contributed by atoms with E-state index in [2.05, 4.69) is 30.7 Å². The summed E-state index contributed by atoms with van der Waals surface area (Å²) in [6, 6.07) is 9.48. The first kappa shape index (κ1) is 15.7. The summed E-state index contributed by atoms with van der Waals surface area (Å²) >= 11 is 1.44. The summed E-state index contributed by atoms with van der Waals surface area (Å²) < 4.78 is 7.57. The fraction of sp³-hybridized carbons (Fsp3) is 0.294. The van der Waals surface area contributed by atoms with Gasteiger partial charge in [0.05, 0.1) is 18.4 Å². The Hall–Kier alpha value is -2.79. The van der Waals surface area contributed by atoms with Crippen molar-refractivity contribution in [3.63, 3.8) is 0 Å². The van der Waals surface area contributed by atoms with E-state index in [9.17, 15) is 0 Å². The number of aromatic nitrogens is 4. The average molecular weight is 352 g/mol. The highest BCUT2D eigenvalue weighted by atomic mass is 32.2. The summed E-state index contributed by atoms with van der Waals surface area (Å²) in [5, 5.41) is 19.2. The lowest BCUT2D eigenvalue weighted by molar-refractivity contribution is 0.483. The quantitative estimate of drug-likeness (QED) is 0.698. The second-order valence-electron chi connectivity index (χ2n) is 5.74. The molecular formula is C17H16N6OS. The maximum atomic E-state index is 8.89. The molecule has 0 unspecified atom stereocenters. The molecule has 1 aliphatic heterocycles. The van der Waals surface area contributed by atoms with Crippen LogP contribution in [0.3, 0.4) is 0 Å². The minimum absolute atomic E-state index is 0.541.